The number of hydrogen-bond donors (Lipinski definition) is 3. The molecular weight excluding hydrogens is 313 g/mol. The van der Waals surface area contributed by atoms with Gasteiger partial charge in [-0.15, -0.1) is 0 Å². The fraction of sp³-hybridized carbons (Fsp3) is 0.294. The van der Waals surface area contributed by atoms with Crippen molar-refractivity contribution in [1.82, 2.24) is 4.98 Å². The molecule has 1 aromatic carbocycles. The van der Waals surface area contributed by atoms with Gasteiger partial charge in [0, 0.05) is 24.6 Å². The molecule has 0 saturated heterocycles. The second kappa shape index (κ2) is 6.09. The van der Waals surface area contributed by atoms with Gasteiger partial charge in [0.1, 0.15) is 12.0 Å². The Labute approximate surface area is 138 Å². The molecule has 3 atom stereocenters. The number of carbonyl (C=O) groups excluding carboxylic acids is 1. The van der Waals surface area contributed by atoms with Crippen LogP contribution in [0.15, 0.2) is 36.5 Å². The Hall–Kier alpha value is -2.67. The molecule has 0 saturated carbocycles. The van der Waals surface area contributed by atoms with Gasteiger partial charge in [-0.3, -0.25) is 9.69 Å². The predicted octanol–water partition coefficient (Wildman–Crippen LogP) is 2.40. The van der Waals surface area contributed by atoms with Crippen LogP contribution in [0.4, 0.5) is 15.9 Å². The standard InChI is InChI=1S/C17H18FN3O3/c1-9-15(20-16-14(23)4-3-7-19-16)12-8-11(18)5-6-13(12)21(10(2)22)17(9)24/h3-9,15,17,23-24H,1-2H3,(H,19,20)/t9-,15-,17+/m1/s1. The third-order valence-electron chi connectivity index (χ3n) is 4.26. The summed E-state index contributed by atoms with van der Waals surface area (Å²) in [5, 5.41) is 23.5. The summed E-state index contributed by atoms with van der Waals surface area (Å²) < 4.78 is 13.8. The van der Waals surface area contributed by atoms with E-state index in [1.165, 1.54) is 42.3 Å². The summed E-state index contributed by atoms with van der Waals surface area (Å²) in [6.07, 6.45) is 0.434. The molecule has 126 valence electrons. The van der Waals surface area contributed by atoms with Crippen LogP contribution in [0.25, 0.3) is 0 Å². The number of rotatable bonds is 2. The summed E-state index contributed by atoms with van der Waals surface area (Å²) >= 11 is 0. The first-order valence-electron chi connectivity index (χ1n) is 7.58. The zero-order valence-corrected chi connectivity index (χ0v) is 13.3. The van der Waals surface area contributed by atoms with Crippen molar-refractivity contribution in [2.24, 2.45) is 5.92 Å². The normalized spacial score (nSPS) is 22.8. The first kappa shape index (κ1) is 16.2. The molecule has 0 aliphatic carbocycles. The molecule has 1 aliphatic rings. The minimum atomic E-state index is -1.08. The number of carbonyl (C=O) groups is 1. The summed E-state index contributed by atoms with van der Waals surface area (Å²) in [5.74, 6) is -1.05. The van der Waals surface area contributed by atoms with Gasteiger partial charge in [0.15, 0.2) is 11.6 Å². The topological polar surface area (TPSA) is 85.7 Å². The maximum absolute atomic E-state index is 13.8. The van der Waals surface area contributed by atoms with E-state index >= 15 is 0 Å². The maximum atomic E-state index is 13.8. The van der Waals surface area contributed by atoms with Crippen molar-refractivity contribution < 1.29 is 19.4 Å². The molecule has 7 heteroatoms. The van der Waals surface area contributed by atoms with Gasteiger partial charge < -0.3 is 15.5 Å². The van der Waals surface area contributed by atoms with Crippen LogP contribution >= 0.6 is 0 Å². The monoisotopic (exact) mass is 331 g/mol. The average Bonchev–Trinajstić information content (AvgIpc) is 2.54. The van der Waals surface area contributed by atoms with Crippen molar-refractivity contribution in [3.05, 3.63) is 47.9 Å². The Bertz CT molecular complexity index is 783. The first-order chi connectivity index (χ1) is 11.4. The number of aromatic nitrogens is 1. The highest BCUT2D eigenvalue weighted by Crippen LogP contribution is 2.42. The Balaban J connectivity index is 2.09. The predicted molar refractivity (Wildman–Crippen MR) is 87.0 cm³/mol. The van der Waals surface area contributed by atoms with E-state index in [1.54, 1.807) is 13.0 Å². The number of aliphatic hydroxyl groups is 1. The number of anilines is 2. The van der Waals surface area contributed by atoms with Crippen LogP contribution in [0.1, 0.15) is 25.5 Å². The number of aromatic hydroxyl groups is 1. The van der Waals surface area contributed by atoms with E-state index in [2.05, 4.69) is 10.3 Å². The van der Waals surface area contributed by atoms with Crippen LogP contribution in [0.5, 0.6) is 5.75 Å². The van der Waals surface area contributed by atoms with E-state index in [1.807, 2.05) is 0 Å². The second-order valence-electron chi connectivity index (χ2n) is 5.86. The van der Waals surface area contributed by atoms with Crippen LogP contribution in [0, 0.1) is 11.7 Å². The van der Waals surface area contributed by atoms with Crippen molar-refractivity contribution in [1.29, 1.82) is 0 Å². The van der Waals surface area contributed by atoms with Gasteiger partial charge in [0.2, 0.25) is 5.91 Å². The highest BCUT2D eigenvalue weighted by atomic mass is 19.1. The van der Waals surface area contributed by atoms with Crippen molar-refractivity contribution >= 4 is 17.4 Å². The molecule has 3 rings (SSSR count). The number of aliphatic hydroxyl groups excluding tert-OH is 1. The fourth-order valence-electron chi connectivity index (χ4n) is 3.05. The molecule has 1 amide bonds. The lowest BCUT2D eigenvalue weighted by molar-refractivity contribution is -0.119. The zero-order valence-electron chi connectivity index (χ0n) is 13.3. The lowest BCUT2D eigenvalue weighted by Crippen LogP contribution is -2.50. The lowest BCUT2D eigenvalue weighted by atomic mass is 9.86. The van der Waals surface area contributed by atoms with E-state index < -0.39 is 24.0 Å². The number of fused-ring (bicyclic) bond motifs is 1. The van der Waals surface area contributed by atoms with Gasteiger partial charge in [-0.1, -0.05) is 6.92 Å². The van der Waals surface area contributed by atoms with Crippen LogP contribution < -0.4 is 10.2 Å². The Morgan fingerprint density at radius 3 is 2.79 bits per heavy atom. The van der Waals surface area contributed by atoms with Crippen LogP contribution in [0.3, 0.4) is 0 Å². The number of halogens is 1. The summed E-state index contributed by atoms with van der Waals surface area (Å²) in [7, 11) is 0. The molecular formula is C17H18FN3O3. The first-order valence-corrected chi connectivity index (χ1v) is 7.58. The molecule has 2 heterocycles. The average molecular weight is 331 g/mol. The number of pyridine rings is 1. The van der Waals surface area contributed by atoms with E-state index in [0.29, 0.717) is 11.3 Å². The lowest BCUT2D eigenvalue weighted by Gasteiger charge is -2.42. The summed E-state index contributed by atoms with van der Waals surface area (Å²) in [6.45, 7) is 3.09. The summed E-state index contributed by atoms with van der Waals surface area (Å²) in [4.78, 5) is 17.2. The molecule has 1 aromatic heterocycles. The number of benzene rings is 1. The Morgan fingerprint density at radius 1 is 1.38 bits per heavy atom. The van der Waals surface area contributed by atoms with Crippen molar-refractivity contribution in [2.75, 3.05) is 10.2 Å². The zero-order chi connectivity index (χ0) is 17.4. The minimum Gasteiger partial charge on any atom is -0.504 e. The van der Waals surface area contributed by atoms with E-state index in [0.717, 1.165) is 0 Å². The third kappa shape index (κ3) is 2.67. The van der Waals surface area contributed by atoms with Gasteiger partial charge >= 0.3 is 0 Å². The Morgan fingerprint density at radius 2 is 2.12 bits per heavy atom. The number of amides is 1. The van der Waals surface area contributed by atoms with Crippen LogP contribution in [-0.2, 0) is 4.79 Å². The smallest absolute Gasteiger partial charge is 0.225 e. The molecule has 2 aromatic rings. The molecule has 3 N–H and O–H groups in total. The van der Waals surface area contributed by atoms with Crippen LogP contribution in [0.2, 0.25) is 0 Å². The highest BCUT2D eigenvalue weighted by molar-refractivity contribution is 5.93. The van der Waals surface area contributed by atoms with Crippen LogP contribution in [-0.4, -0.2) is 27.3 Å². The molecule has 0 spiro atoms. The van der Waals surface area contributed by atoms with E-state index in [9.17, 15) is 19.4 Å². The van der Waals surface area contributed by atoms with Gasteiger partial charge in [0.25, 0.3) is 0 Å². The highest BCUT2D eigenvalue weighted by Gasteiger charge is 2.40. The van der Waals surface area contributed by atoms with E-state index in [4.69, 9.17) is 0 Å². The quantitative estimate of drug-likeness (QED) is 0.787. The molecule has 0 radical (unpaired) electrons. The SMILES string of the molecule is CC(=O)N1c2ccc(F)cc2[C@H](Nc2ncccc2O)[C@@H](C)[C@@H]1O. The summed E-state index contributed by atoms with van der Waals surface area (Å²) in [5.41, 5.74) is 0.954. The van der Waals surface area contributed by atoms with Gasteiger partial charge in [-0.05, 0) is 30.3 Å². The fourth-order valence-corrected chi connectivity index (χ4v) is 3.05. The molecule has 0 bridgehead atoms. The second-order valence-corrected chi connectivity index (χ2v) is 5.86. The number of hydrogen-bond acceptors (Lipinski definition) is 5. The maximum Gasteiger partial charge on any atom is 0.225 e. The molecule has 0 fully saturated rings. The molecule has 1 aliphatic heterocycles. The third-order valence-corrected chi connectivity index (χ3v) is 4.26. The molecule has 0 unspecified atom stereocenters. The largest absolute Gasteiger partial charge is 0.504 e. The molecule has 6 nitrogen and oxygen atoms in total. The van der Waals surface area contributed by atoms with Gasteiger partial charge in [-0.25, -0.2) is 9.37 Å². The van der Waals surface area contributed by atoms with Crippen molar-refractivity contribution in [3.8, 4) is 5.75 Å². The molecule has 24 heavy (non-hydrogen) atoms. The number of nitrogens with zero attached hydrogens (tertiary/aromatic N) is 2. The minimum absolute atomic E-state index is 0.0499. The Kier molecular flexibility index (Phi) is 4.11. The van der Waals surface area contributed by atoms with Crippen molar-refractivity contribution in [2.45, 2.75) is 26.1 Å². The van der Waals surface area contributed by atoms with Crippen molar-refractivity contribution in [3.63, 3.8) is 0 Å². The van der Waals surface area contributed by atoms with Gasteiger partial charge in [0.05, 0.1) is 11.7 Å². The van der Waals surface area contributed by atoms with E-state index in [-0.39, 0.29) is 17.5 Å². The van der Waals surface area contributed by atoms with Gasteiger partial charge in [-0.2, -0.15) is 0 Å². The number of nitrogens with one attached hydrogen (secondary N) is 1. The summed E-state index contributed by atoms with van der Waals surface area (Å²) in [6, 6.07) is 6.58.